The molecule has 0 heterocycles. The quantitative estimate of drug-likeness (QED) is 0.713. The number of rotatable bonds is 8. The maximum absolute atomic E-state index is 11.7. The fourth-order valence-corrected chi connectivity index (χ4v) is 1.51. The number of amides is 1. The van der Waals surface area contributed by atoms with Crippen LogP contribution in [0.25, 0.3) is 0 Å². The molecule has 20 heavy (non-hydrogen) atoms. The molecule has 0 bridgehead atoms. The first-order valence-corrected chi connectivity index (χ1v) is 6.68. The van der Waals surface area contributed by atoms with Crippen LogP contribution in [0.2, 0.25) is 0 Å². The summed E-state index contributed by atoms with van der Waals surface area (Å²) in [5, 5.41) is 2.77. The van der Waals surface area contributed by atoms with Crippen molar-refractivity contribution in [1.29, 1.82) is 0 Å². The van der Waals surface area contributed by atoms with Gasteiger partial charge in [0.2, 0.25) is 5.91 Å². The minimum absolute atomic E-state index is 0.0401. The fourth-order valence-electron chi connectivity index (χ4n) is 1.51. The molecule has 1 aromatic rings. The van der Waals surface area contributed by atoms with Crippen molar-refractivity contribution in [2.45, 2.75) is 32.4 Å². The Bertz CT molecular complexity index is 416. The lowest BCUT2D eigenvalue weighted by molar-refractivity contribution is -0.121. The molecule has 0 unspecified atom stereocenters. The van der Waals surface area contributed by atoms with E-state index in [0.29, 0.717) is 13.2 Å². The van der Waals surface area contributed by atoms with Gasteiger partial charge in [-0.15, -0.1) is 0 Å². The molecule has 3 N–H and O–H groups in total. The third-order valence-electron chi connectivity index (χ3n) is 3.11. The van der Waals surface area contributed by atoms with Crippen molar-refractivity contribution >= 4 is 11.6 Å². The van der Waals surface area contributed by atoms with Crippen LogP contribution in [0.3, 0.4) is 0 Å². The Balaban J connectivity index is 2.26. The zero-order valence-electron chi connectivity index (χ0n) is 12.4. The number of benzene rings is 1. The molecule has 1 rings (SSSR count). The zero-order chi connectivity index (χ0) is 15.0. The Kier molecular flexibility index (Phi) is 6.64. The van der Waals surface area contributed by atoms with Crippen molar-refractivity contribution in [3.8, 4) is 0 Å². The fraction of sp³-hybridized carbons (Fsp3) is 0.533. The van der Waals surface area contributed by atoms with Crippen LogP contribution in [0.15, 0.2) is 24.3 Å². The predicted molar refractivity (Wildman–Crippen MR) is 79.5 cm³/mol. The van der Waals surface area contributed by atoms with Gasteiger partial charge >= 0.3 is 0 Å². The van der Waals surface area contributed by atoms with Crippen molar-refractivity contribution in [3.63, 3.8) is 0 Å². The second-order valence-corrected chi connectivity index (χ2v) is 5.22. The predicted octanol–water partition coefficient (Wildman–Crippen LogP) is 1.92. The molecule has 0 saturated heterocycles. The molecule has 0 radical (unpaired) electrons. The molecule has 0 spiro atoms. The second-order valence-electron chi connectivity index (χ2n) is 5.22. The van der Waals surface area contributed by atoms with E-state index in [1.807, 2.05) is 38.1 Å². The van der Waals surface area contributed by atoms with Crippen LogP contribution in [0.1, 0.15) is 25.8 Å². The summed E-state index contributed by atoms with van der Waals surface area (Å²) in [5.74, 6) is -0.166. The highest BCUT2D eigenvalue weighted by molar-refractivity contribution is 5.91. The Hall–Kier alpha value is -1.43. The van der Waals surface area contributed by atoms with Crippen LogP contribution in [-0.2, 0) is 20.8 Å². The number of hydrogen-bond acceptors (Lipinski definition) is 4. The van der Waals surface area contributed by atoms with Crippen molar-refractivity contribution in [3.05, 3.63) is 29.8 Å². The summed E-state index contributed by atoms with van der Waals surface area (Å²) in [6.45, 7) is 4.98. The Morgan fingerprint density at radius 1 is 1.30 bits per heavy atom. The van der Waals surface area contributed by atoms with E-state index in [-0.39, 0.29) is 18.1 Å². The van der Waals surface area contributed by atoms with Crippen LogP contribution in [0, 0.1) is 0 Å². The SMILES string of the molecule is COC(C)(C)CCOCC(=O)Nc1ccc(CN)cc1. The zero-order valence-corrected chi connectivity index (χ0v) is 12.4. The molecule has 1 amide bonds. The van der Waals surface area contributed by atoms with Crippen LogP contribution < -0.4 is 11.1 Å². The Morgan fingerprint density at radius 3 is 2.50 bits per heavy atom. The maximum atomic E-state index is 11.7. The number of hydrogen-bond donors (Lipinski definition) is 2. The monoisotopic (exact) mass is 280 g/mol. The highest BCUT2D eigenvalue weighted by atomic mass is 16.5. The topological polar surface area (TPSA) is 73.6 Å². The van der Waals surface area contributed by atoms with Gasteiger partial charge in [0.25, 0.3) is 0 Å². The largest absolute Gasteiger partial charge is 0.379 e. The van der Waals surface area contributed by atoms with E-state index >= 15 is 0 Å². The number of nitrogens with two attached hydrogens (primary N) is 1. The van der Waals surface area contributed by atoms with E-state index in [4.69, 9.17) is 15.2 Å². The molecule has 1 aromatic carbocycles. The van der Waals surface area contributed by atoms with Crippen LogP contribution in [0.4, 0.5) is 5.69 Å². The van der Waals surface area contributed by atoms with Gasteiger partial charge in [-0.25, -0.2) is 0 Å². The molecule has 112 valence electrons. The summed E-state index contributed by atoms with van der Waals surface area (Å²) >= 11 is 0. The lowest BCUT2D eigenvalue weighted by atomic mass is 10.1. The summed E-state index contributed by atoms with van der Waals surface area (Å²) in [6, 6.07) is 7.43. The first-order valence-electron chi connectivity index (χ1n) is 6.68. The smallest absolute Gasteiger partial charge is 0.250 e. The summed E-state index contributed by atoms with van der Waals surface area (Å²) in [4.78, 5) is 11.7. The highest BCUT2D eigenvalue weighted by Gasteiger charge is 2.15. The van der Waals surface area contributed by atoms with Gasteiger partial charge < -0.3 is 20.5 Å². The molecule has 0 atom stereocenters. The van der Waals surface area contributed by atoms with Crippen LogP contribution in [0.5, 0.6) is 0 Å². The summed E-state index contributed by atoms with van der Waals surface area (Å²) < 4.78 is 10.6. The Morgan fingerprint density at radius 2 is 1.95 bits per heavy atom. The van der Waals surface area contributed by atoms with Gasteiger partial charge in [-0.3, -0.25) is 4.79 Å². The van der Waals surface area contributed by atoms with Gasteiger partial charge in [-0.05, 0) is 38.0 Å². The number of anilines is 1. The van der Waals surface area contributed by atoms with Crippen LogP contribution >= 0.6 is 0 Å². The number of methoxy groups -OCH3 is 1. The van der Waals surface area contributed by atoms with Crippen molar-refractivity contribution < 1.29 is 14.3 Å². The lowest BCUT2D eigenvalue weighted by Crippen LogP contribution is -2.26. The molecule has 0 aromatic heterocycles. The first kappa shape index (κ1) is 16.6. The number of carbonyl (C=O) groups is 1. The highest BCUT2D eigenvalue weighted by Crippen LogP contribution is 2.12. The van der Waals surface area contributed by atoms with Crippen molar-refractivity contribution in [1.82, 2.24) is 0 Å². The minimum atomic E-state index is -0.228. The minimum Gasteiger partial charge on any atom is -0.379 e. The molecule has 5 nitrogen and oxygen atoms in total. The van der Waals surface area contributed by atoms with Gasteiger partial charge in [-0.2, -0.15) is 0 Å². The molecule has 0 fully saturated rings. The summed E-state index contributed by atoms with van der Waals surface area (Å²) in [6.07, 6.45) is 0.738. The van der Waals surface area contributed by atoms with E-state index in [1.165, 1.54) is 0 Å². The maximum Gasteiger partial charge on any atom is 0.250 e. The molecule has 5 heteroatoms. The van der Waals surface area contributed by atoms with Gasteiger partial charge in [0, 0.05) is 25.9 Å². The van der Waals surface area contributed by atoms with Crippen molar-refractivity contribution in [2.75, 3.05) is 25.6 Å². The molecular formula is C15H24N2O3. The average Bonchev–Trinajstić information content (AvgIpc) is 2.44. The third kappa shape index (κ3) is 6.14. The first-order chi connectivity index (χ1) is 9.46. The normalized spacial score (nSPS) is 11.4. The molecule has 0 aliphatic carbocycles. The standard InChI is InChI=1S/C15H24N2O3/c1-15(2,19-3)8-9-20-11-14(18)17-13-6-4-12(10-16)5-7-13/h4-7H,8-11,16H2,1-3H3,(H,17,18). The average molecular weight is 280 g/mol. The number of carbonyl (C=O) groups excluding carboxylic acids is 1. The van der Waals surface area contributed by atoms with Crippen LogP contribution in [-0.4, -0.2) is 31.8 Å². The lowest BCUT2D eigenvalue weighted by Gasteiger charge is -2.22. The van der Waals surface area contributed by atoms with Gasteiger partial charge in [0.15, 0.2) is 0 Å². The molecule has 0 aliphatic heterocycles. The van der Waals surface area contributed by atoms with E-state index in [9.17, 15) is 4.79 Å². The second kappa shape index (κ2) is 7.99. The molecule has 0 aliphatic rings. The van der Waals surface area contributed by atoms with E-state index < -0.39 is 0 Å². The Labute approximate surface area is 120 Å². The summed E-state index contributed by atoms with van der Waals surface area (Å²) in [5.41, 5.74) is 7.06. The van der Waals surface area contributed by atoms with Crippen molar-refractivity contribution in [2.24, 2.45) is 5.73 Å². The molecular weight excluding hydrogens is 256 g/mol. The van der Waals surface area contributed by atoms with Gasteiger partial charge in [-0.1, -0.05) is 12.1 Å². The number of nitrogens with one attached hydrogen (secondary N) is 1. The molecule has 0 saturated carbocycles. The van der Waals surface area contributed by atoms with Gasteiger partial charge in [0.05, 0.1) is 5.60 Å². The van der Waals surface area contributed by atoms with E-state index in [0.717, 1.165) is 17.7 Å². The summed E-state index contributed by atoms with van der Waals surface area (Å²) in [7, 11) is 1.66. The van der Waals surface area contributed by atoms with Gasteiger partial charge in [0.1, 0.15) is 6.61 Å². The number of ether oxygens (including phenoxy) is 2. The third-order valence-corrected chi connectivity index (χ3v) is 3.11. The van der Waals surface area contributed by atoms with E-state index in [1.54, 1.807) is 7.11 Å². The van der Waals surface area contributed by atoms with E-state index in [2.05, 4.69) is 5.32 Å².